The van der Waals surface area contributed by atoms with Crippen LogP contribution in [0, 0.1) is 0 Å². The molecule has 0 amide bonds. The topological polar surface area (TPSA) is 172 Å². The second-order valence-electron chi connectivity index (χ2n) is 12.1. The summed E-state index contributed by atoms with van der Waals surface area (Å²) < 4.78 is 32.4. The van der Waals surface area contributed by atoms with Crippen LogP contribution in [0.3, 0.4) is 0 Å². The smallest absolute Gasteiger partial charge is 0.472 e. The fourth-order valence-corrected chi connectivity index (χ4v) is 5.59. The number of carboxylic acids is 1. The Balaban J connectivity index is 4.34. The molecule has 0 bridgehead atoms. The average Bonchev–Trinajstić information content (AvgIpc) is 3.02. The molecule has 0 aromatic heterocycles. The minimum atomic E-state index is -4.69. The Kier molecular flexibility index (Phi) is 29.4. The molecule has 0 radical (unpaired) electrons. The lowest BCUT2D eigenvalue weighted by atomic mass is 10.0. The number of rotatable bonds is 34. The van der Waals surface area contributed by atoms with Gasteiger partial charge in [0, 0.05) is 12.8 Å². The molecule has 1 unspecified atom stereocenters. The van der Waals surface area contributed by atoms with Crippen molar-refractivity contribution in [2.24, 2.45) is 5.73 Å². The maximum Gasteiger partial charge on any atom is 0.472 e. The van der Waals surface area contributed by atoms with E-state index in [0.717, 1.165) is 51.4 Å². The molecule has 46 heavy (non-hydrogen) atoms. The molecule has 270 valence electrons. The summed E-state index contributed by atoms with van der Waals surface area (Å²) >= 11 is 0. The quantitative estimate of drug-likeness (QED) is 0.0260. The molecule has 0 aliphatic carbocycles. The summed E-state index contributed by atoms with van der Waals surface area (Å²) in [6.45, 7) is 4.23. The van der Waals surface area contributed by atoms with Gasteiger partial charge >= 0.3 is 25.7 Å². The molecule has 0 aliphatic rings. The molecule has 0 aliphatic heterocycles. The first-order chi connectivity index (χ1) is 22.1. The number of aliphatic carboxylic acids is 1. The zero-order valence-electron chi connectivity index (χ0n) is 28.5. The highest BCUT2D eigenvalue weighted by atomic mass is 31.2. The van der Waals surface area contributed by atoms with Gasteiger partial charge in [0.05, 0.1) is 13.2 Å². The summed E-state index contributed by atoms with van der Waals surface area (Å²) in [6.07, 6.45) is 24.9. The molecule has 12 heteroatoms. The zero-order chi connectivity index (χ0) is 34.3. The largest absolute Gasteiger partial charge is 0.480 e. The highest BCUT2D eigenvalue weighted by molar-refractivity contribution is 7.47. The van der Waals surface area contributed by atoms with E-state index in [9.17, 15) is 23.8 Å². The summed E-state index contributed by atoms with van der Waals surface area (Å²) in [5.41, 5.74) is 5.29. The van der Waals surface area contributed by atoms with E-state index in [1.54, 1.807) is 0 Å². The molecule has 0 heterocycles. The number of carbonyl (C=O) groups is 3. The number of carbonyl (C=O) groups excluding carboxylic acids is 2. The number of ether oxygens (including phenoxy) is 2. The van der Waals surface area contributed by atoms with Crippen LogP contribution in [0.1, 0.15) is 155 Å². The fourth-order valence-electron chi connectivity index (χ4n) is 4.81. The van der Waals surface area contributed by atoms with E-state index in [2.05, 4.69) is 18.0 Å². The number of esters is 2. The normalized spacial score (nSPS) is 13.9. The van der Waals surface area contributed by atoms with Gasteiger partial charge in [-0.25, -0.2) is 4.57 Å². The van der Waals surface area contributed by atoms with Crippen LogP contribution >= 0.6 is 7.82 Å². The molecule has 11 nitrogen and oxygen atoms in total. The number of hydrogen-bond acceptors (Lipinski definition) is 9. The summed E-state index contributed by atoms with van der Waals surface area (Å²) in [5, 5.41) is 8.82. The first-order valence-corrected chi connectivity index (χ1v) is 19.2. The van der Waals surface area contributed by atoms with E-state index in [4.69, 9.17) is 24.8 Å². The molecule has 0 saturated heterocycles. The van der Waals surface area contributed by atoms with Gasteiger partial charge in [-0.2, -0.15) is 0 Å². The number of phosphoric acid groups is 1. The lowest BCUT2D eigenvalue weighted by molar-refractivity contribution is -0.161. The molecule has 0 saturated carbocycles. The first kappa shape index (κ1) is 44.2. The van der Waals surface area contributed by atoms with Crippen molar-refractivity contribution in [1.82, 2.24) is 0 Å². The fraction of sp³-hybridized carbons (Fsp3) is 0.853. The van der Waals surface area contributed by atoms with Crippen LogP contribution in [0.5, 0.6) is 0 Å². The minimum absolute atomic E-state index is 0.162. The van der Waals surface area contributed by atoms with Gasteiger partial charge in [-0.3, -0.25) is 23.4 Å². The zero-order valence-corrected chi connectivity index (χ0v) is 29.4. The number of carboxylic acid groups (broad SMARTS) is 1. The van der Waals surface area contributed by atoms with Crippen molar-refractivity contribution in [1.29, 1.82) is 0 Å². The number of unbranched alkanes of at least 4 members (excludes halogenated alkanes) is 19. The van der Waals surface area contributed by atoms with Gasteiger partial charge in [-0.05, 0) is 25.7 Å². The molecule has 4 N–H and O–H groups in total. The standard InChI is InChI=1S/C34H64NO10P/c1-3-5-7-9-11-12-13-14-15-16-17-18-20-21-23-25-32(36)42-27-30(28-43-46(40,41)44-29-31(35)34(38)39)45-33(37)26-24-22-19-10-8-6-4-2/h3,30-31H,1,4-29,35H2,2H3,(H,38,39)(H,40,41)/t30-,31+/m0/s1. The Morgan fingerprint density at radius 3 is 1.61 bits per heavy atom. The van der Waals surface area contributed by atoms with Crippen molar-refractivity contribution in [3.63, 3.8) is 0 Å². The van der Waals surface area contributed by atoms with Crippen molar-refractivity contribution in [3.05, 3.63) is 12.7 Å². The van der Waals surface area contributed by atoms with Gasteiger partial charge in [0.15, 0.2) is 6.10 Å². The van der Waals surface area contributed by atoms with Gasteiger partial charge in [0.2, 0.25) is 0 Å². The van der Waals surface area contributed by atoms with Gasteiger partial charge in [-0.1, -0.05) is 122 Å². The number of nitrogens with two attached hydrogens (primary N) is 1. The van der Waals surface area contributed by atoms with Crippen molar-refractivity contribution in [2.45, 2.75) is 167 Å². The lowest BCUT2D eigenvalue weighted by Crippen LogP contribution is -2.34. The number of phosphoric ester groups is 1. The summed E-state index contributed by atoms with van der Waals surface area (Å²) in [6, 6.07) is -1.52. The summed E-state index contributed by atoms with van der Waals surface area (Å²) in [4.78, 5) is 45.4. The van der Waals surface area contributed by atoms with Crippen LogP contribution in [0.2, 0.25) is 0 Å². The first-order valence-electron chi connectivity index (χ1n) is 17.7. The van der Waals surface area contributed by atoms with E-state index in [-0.39, 0.29) is 19.4 Å². The maximum absolute atomic E-state index is 12.4. The third kappa shape index (κ3) is 29.6. The predicted molar refractivity (Wildman–Crippen MR) is 180 cm³/mol. The molecular formula is C34H64NO10P. The van der Waals surface area contributed by atoms with E-state index >= 15 is 0 Å². The van der Waals surface area contributed by atoms with Crippen molar-refractivity contribution in [3.8, 4) is 0 Å². The van der Waals surface area contributed by atoms with Crippen LogP contribution in [0.25, 0.3) is 0 Å². The highest BCUT2D eigenvalue weighted by Crippen LogP contribution is 2.43. The van der Waals surface area contributed by atoms with Crippen molar-refractivity contribution in [2.75, 3.05) is 19.8 Å². The summed E-state index contributed by atoms with van der Waals surface area (Å²) in [5.74, 6) is -2.39. The molecule has 0 aromatic carbocycles. The third-order valence-electron chi connectivity index (χ3n) is 7.66. The lowest BCUT2D eigenvalue weighted by Gasteiger charge is -2.20. The second kappa shape index (κ2) is 30.5. The minimum Gasteiger partial charge on any atom is -0.480 e. The van der Waals surface area contributed by atoms with E-state index in [0.29, 0.717) is 12.8 Å². The third-order valence-corrected chi connectivity index (χ3v) is 8.61. The molecular weight excluding hydrogens is 613 g/mol. The Morgan fingerprint density at radius 1 is 0.696 bits per heavy atom. The molecule has 0 fully saturated rings. The van der Waals surface area contributed by atoms with Crippen LogP contribution in [0.4, 0.5) is 0 Å². The van der Waals surface area contributed by atoms with Crippen LogP contribution < -0.4 is 5.73 Å². The Bertz CT molecular complexity index is 841. The van der Waals surface area contributed by atoms with Gasteiger partial charge in [0.25, 0.3) is 0 Å². The van der Waals surface area contributed by atoms with Gasteiger partial charge < -0.3 is 25.2 Å². The Labute approximate surface area is 278 Å². The number of hydrogen-bond donors (Lipinski definition) is 3. The van der Waals surface area contributed by atoms with Gasteiger partial charge in [0.1, 0.15) is 12.6 Å². The summed E-state index contributed by atoms with van der Waals surface area (Å²) in [7, 11) is -4.69. The van der Waals surface area contributed by atoms with E-state index < -0.39 is 51.1 Å². The molecule has 0 rings (SSSR count). The molecule has 0 spiro atoms. The average molecular weight is 678 g/mol. The van der Waals surface area contributed by atoms with E-state index in [1.165, 1.54) is 70.6 Å². The molecule has 0 aromatic rings. The Hall–Kier alpha value is -1.78. The van der Waals surface area contributed by atoms with Gasteiger partial charge in [-0.15, -0.1) is 6.58 Å². The highest BCUT2D eigenvalue weighted by Gasteiger charge is 2.28. The monoisotopic (exact) mass is 677 g/mol. The Morgan fingerprint density at radius 2 is 1.13 bits per heavy atom. The predicted octanol–water partition coefficient (Wildman–Crippen LogP) is 8.17. The van der Waals surface area contributed by atoms with E-state index in [1.807, 2.05) is 6.08 Å². The van der Waals surface area contributed by atoms with Crippen molar-refractivity contribution < 1.29 is 47.5 Å². The van der Waals surface area contributed by atoms with Crippen LogP contribution in [-0.2, 0) is 37.5 Å². The SMILES string of the molecule is C=CCCCCCCCCCCCCCCCC(=O)OC[C@@H](COP(=O)(O)OC[C@@H](N)C(=O)O)OC(=O)CCCCCCCCC. The van der Waals surface area contributed by atoms with Crippen LogP contribution in [-0.4, -0.2) is 59.9 Å². The number of allylic oxidation sites excluding steroid dienone is 1. The van der Waals surface area contributed by atoms with Crippen molar-refractivity contribution >= 4 is 25.7 Å². The molecule has 3 atom stereocenters. The maximum atomic E-state index is 12.4. The second-order valence-corrected chi connectivity index (χ2v) is 13.5. The van der Waals surface area contributed by atoms with Crippen LogP contribution in [0.15, 0.2) is 12.7 Å².